The van der Waals surface area contributed by atoms with Crippen LogP contribution in [0, 0.1) is 0 Å². The average Bonchev–Trinajstić information content (AvgIpc) is 3.84. The molecule has 0 aliphatic rings. The first-order chi connectivity index (χ1) is 28.3. The predicted octanol–water partition coefficient (Wildman–Crippen LogP) is 15.2. The van der Waals surface area contributed by atoms with Gasteiger partial charge in [0.05, 0.1) is 22.1 Å². The number of benzene rings is 9. The zero-order valence-electron chi connectivity index (χ0n) is 31.1. The number of anilines is 3. The second kappa shape index (κ2) is 13.6. The van der Waals surface area contributed by atoms with E-state index in [1.54, 1.807) is 0 Å². The summed E-state index contributed by atoms with van der Waals surface area (Å²) in [6.07, 6.45) is 0. The van der Waals surface area contributed by atoms with Crippen LogP contribution in [-0.4, -0.2) is 4.57 Å². The van der Waals surface area contributed by atoms with Gasteiger partial charge in [-0.15, -0.1) is 0 Å². The van der Waals surface area contributed by atoms with Crippen molar-refractivity contribution in [1.29, 1.82) is 0 Å². The van der Waals surface area contributed by atoms with Crippen molar-refractivity contribution in [3.63, 3.8) is 0 Å². The molecule has 2 heterocycles. The van der Waals surface area contributed by atoms with Crippen LogP contribution in [0.2, 0.25) is 0 Å². The standard InChI is InChI=1S/C54H36N2O/c1-4-16-37(17-5-1)39-20-14-24-43(34-39)55(44-25-15-21-40(35-44)38-18-6-2-7-19-38)50-33-32-45(54-53(50)48-27-11-13-29-52(48)57-54)41-30-31-47-46-26-10-12-28-49(46)56(51(47)36-41)42-22-8-3-9-23-42/h1-36H. The maximum atomic E-state index is 6.94. The van der Waals surface area contributed by atoms with Crippen LogP contribution in [0.5, 0.6) is 0 Å². The molecular formula is C54H36N2O. The number of rotatable bonds is 7. The Balaban J connectivity index is 1.16. The molecule has 0 aliphatic carbocycles. The quantitative estimate of drug-likeness (QED) is 0.163. The Kier molecular flexibility index (Phi) is 7.82. The molecule has 0 saturated carbocycles. The third kappa shape index (κ3) is 5.60. The Morgan fingerprint density at radius 1 is 0.368 bits per heavy atom. The summed E-state index contributed by atoms with van der Waals surface area (Å²) >= 11 is 0. The maximum Gasteiger partial charge on any atom is 0.145 e. The van der Waals surface area contributed by atoms with Crippen molar-refractivity contribution in [2.75, 3.05) is 4.90 Å². The number of hydrogen-bond donors (Lipinski definition) is 0. The SMILES string of the molecule is c1ccc(-c2cccc(N(c3cccc(-c4ccccc4)c3)c3ccc(-c4ccc5c6ccccc6n(-c6ccccc6)c5c4)c4oc5ccccc5c34)c2)cc1. The normalized spacial score (nSPS) is 11.5. The van der Waals surface area contributed by atoms with Crippen LogP contribution >= 0.6 is 0 Å². The van der Waals surface area contributed by atoms with E-state index in [-0.39, 0.29) is 0 Å². The Morgan fingerprint density at radius 2 is 0.930 bits per heavy atom. The van der Waals surface area contributed by atoms with Gasteiger partial charge in [-0.05, 0) is 94.5 Å². The number of nitrogens with zero attached hydrogens (tertiary/aromatic N) is 2. The van der Waals surface area contributed by atoms with Crippen LogP contribution < -0.4 is 4.90 Å². The molecule has 11 aromatic rings. The zero-order valence-corrected chi connectivity index (χ0v) is 31.1. The Bertz CT molecular complexity index is 3150. The molecule has 0 saturated heterocycles. The van der Waals surface area contributed by atoms with E-state index in [1.165, 1.54) is 27.4 Å². The molecule has 0 aliphatic heterocycles. The summed E-state index contributed by atoms with van der Waals surface area (Å²) in [7, 11) is 0. The zero-order chi connectivity index (χ0) is 37.7. The third-order valence-corrected chi connectivity index (χ3v) is 11.2. The van der Waals surface area contributed by atoms with Gasteiger partial charge in [0.25, 0.3) is 0 Å². The molecule has 0 amide bonds. The van der Waals surface area contributed by atoms with E-state index in [2.05, 4.69) is 228 Å². The summed E-state index contributed by atoms with van der Waals surface area (Å²) < 4.78 is 9.31. The van der Waals surface area contributed by atoms with Crippen molar-refractivity contribution < 1.29 is 4.42 Å². The van der Waals surface area contributed by atoms with E-state index in [0.717, 1.165) is 72.5 Å². The lowest BCUT2D eigenvalue weighted by molar-refractivity contribution is 0.670. The molecule has 0 N–H and O–H groups in total. The first-order valence-corrected chi connectivity index (χ1v) is 19.4. The first kappa shape index (κ1) is 32.8. The summed E-state index contributed by atoms with van der Waals surface area (Å²) in [6, 6.07) is 78.0. The minimum atomic E-state index is 0.858. The van der Waals surface area contributed by atoms with Gasteiger partial charge in [0.15, 0.2) is 0 Å². The number of para-hydroxylation sites is 3. The molecule has 11 rings (SSSR count). The van der Waals surface area contributed by atoms with Crippen LogP contribution in [0.4, 0.5) is 17.1 Å². The van der Waals surface area contributed by atoms with Gasteiger partial charge in [0.1, 0.15) is 11.2 Å². The highest BCUT2D eigenvalue weighted by molar-refractivity contribution is 6.18. The molecule has 0 radical (unpaired) electrons. The van der Waals surface area contributed by atoms with Gasteiger partial charge >= 0.3 is 0 Å². The topological polar surface area (TPSA) is 21.3 Å². The lowest BCUT2D eigenvalue weighted by Crippen LogP contribution is -2.10. The summed E-state index contributed by atoms with van der Waals surface area (Å²) in [6.45, 7) is 0. The molecule has 268 valence electrons. The van der Waals surface area contributed by atoms with Crippen LogP contribution in [0.25, 0.3) is 82.8 Å². The van der Waals surface area contributed by atoms with E-state index in [9.17, 15) is 0 Å². The van der Waals surface area contributed by atoms with E-state index in [1.807, 2.05) is 0 Å². The molecular weight excluding hydrogens is 693 g/mol. The van der Waals surface area contributed by atoms with Crippen molar-refractivity contribution in [1.82, 2.24) is 4.57 Å². The van der Waals surface area contributed by atoms with Gasteiger partial charge in [-0.3, -0.25) is 0 Å². The summed E-state index contributed by atoms with van der Waals surface area (Å²) in [4.78, 5) is 2.39. The number of fused-ring (bicyclic) bond motifs is 6. The number of furan rings is 1. The number of hydrogen-bond acceptors (Lipinski definition) is 2. The van der Waals surface area contributed by atoms with E-state index in [0.29, 0.717) is 0 Å². The second-order valence-corrected chi connectivity index (χ2v) is 14.5. The van der Waals surface area contributed by atoms with Gasteiger partial charge in [0, 0.05) is 38.8 Å². The fourth-order valence-electron chi connectivity index (χ4n) is 8.56. The summed E-state index contributed by atoms with van der Waals surface area (Å²) in [5.74, 6) is 0. The molecule has 9 aromatic carbocycles. The van der Waals surface area contributed by atoms with Gasteiger partial charge < -0.3 is 13.9 Å². The van der Waals surface area contributed by atoms with Gasteiger partial charge in [-0.2, -0.15) is 0 Å². The van der Waals surface area contributed by atoms with Crippen LogP contribution in [0.1, 0.15) is 0 Å². The fourth-order valence-corrected chi connectivity index (χ4v) is 8.56. The van der Waals surface area contributed by atoms with Crippen LogP contribution in [0.3, 0.4) is 0 Å². The average molecular weight is 729 g/mol. The Hall–Kier alpha value is -7.62. The first-order valence-electron chi connectivity index (χ1n) is 19.4. The van der Waals surface area contributed by atoms with Crippen LogP contribution in [0.15, 0.2) is 223 Å². The van der Waals surface area contributed by atoms with Crippen molar-refractivity contribution >= 4 is 60.8 Å². The molecule has 0 spiro atoms. The van der Waals surface area contributed by atoms with Gasteiger partial charge in [-0.25, -0.2) is 0 Å². The smallest absolute Gasteiger partial charge is 0.145 e. The minimum absolute atomic E-state index is 0.858. The van der Waals surface area contributed by atoms with E-state index >= 15 is 0 Å². The van der Waals surface area contributed by atoms with E-state index in [4.69, 9.17) is 4.42 Å². The van der Waals surface area contributed by atoms with Gasteiger partial charge in [-0.1, -0.05) is 152 Å². The van der Waals surface area contributed by atoms with Crippen molar-refractivity contribution in [3.05, 3.63) is 218 Å². The monoisotopic (exact) mass is 728 g/mol. The molecule has 57 heavy (non-hydrogen) atoms. The molecule has 2 aromatic heterocycles. The van der Waals surface area contributed by atoms with E-state index < -0.39 is 0 Å². The third-order valence-electron chi connectivity index (χ3n) is 11.2. The van der Waals surface area contributed by atoms with Crippen LogP contribution in [-0.2, 0) is 0 Å². The molecule has 0 fully saturated rings. The Labute approximate surface area is 330 Å². The second-order valence-electron chi connectivity index (χ2n) is 14.5. The summed E-state index contributed by atoms with van der Waals surface area (Å²) in [5, 5.41) is 4.60. The molecule has 3 heteroatoms. The molecule has 0 atom stereocenters. The largest absolute Gasteiger partial charge is 0.455 e. The van der Waals surface area contributed by atoms with Gasteiger partial charge in [0.2, 0.25) is 0 Å². The number of aromatic nitrogens is 1. The highest BCUT2D eigenvalue weighted by atomic mass is 16.3. The molecule has 3 nitrogen and oxygen atoms in total. The predicted molar refractivity (Wildman–Crippen MR) is 239 cm³/mol. The fraction of sp³-hybridized carbons (Fsp3) is 0. The highest BCUT2D eigenvalue weighted by Gasteiger charge is 2.23. The van der Waals surface area contributed by atoms with Crippen molar-refractivity contribution in [2.45, 2.75) is 0 Å². The lowest BCUT2D eigenvalue weighted by atomic mass is 9.98. The maximum absolute atomic E-state index is 6.94. The Morgan fingerprint density at radius 3 is 1.61 bits per heavy atom. The molecule has 0 unspecified atom stereocenters. The van der Waals surface area contributed by atoms with Crippen molar-refractivity contribution in [2.24, 2.45) is 0 Å². The lowest BCUT2D eigenvalue weighted by Gasteiger charge is -2.27. The highest BCUT2D eigenvalue weighted by Crippen LogP contribution is 2.47. The molecule has 0 bridgehead atoms. The van der Waals surface area contributed by atoms with Crippen molar-refractivity contribution in [3.8, 4) is 39.1 Å². The minimum Gasteiger partial charge on any atom is -0.455 e. The summed E-state index contributed by atoms with van der Waals surface area (Å²) in [5.41, 5.74) is 15.2.